The van der Waals surface area contributed by atoms with E-state index in [4.69, 9.17) is 9.15 Å². The predicted molar refractivity (Wildman–Crippen MR) is 71.5 cm³/mol. The molecule has 0 saturated carbocycles. The van der Waals surface area contributed by atoms with Crippen LogP contribution in [0.1, 0.15) is 30.9 Å². The van der Waals surface area contributed by atoms with Crippen LogP contribution in [0.5, 0.6) is 0 Å². The average molecular weight is 252 g/mol. The molecule has 0 amide bonds. The summed E-state index contributed by atoms with van der Waals surface area (Å²) in [5.74, 6) is 2.09. The summed E-state index contributed by atoms with van der Waals surface area (Å²) in [6.45, 7) is 10.8. The van der Waals surface area contributed by atoms with Gasteiger partial charge in [-0.05, 0) is 39.4 Å². The zero-order chi connectivity index (χ0) is 13.2. The van der Waals surface area contributed by atoms with Crippen LogP contribution < -0.4 is 5.32 Å². The number of hydrogen-bond donors (Lipinski definition) is 1. The van der Waals surface area contributed by atoms with E-state index < -0.39 is 0 Å². The Morgan fingerprint density at radius 1 is 1.44 bits per heavy atom. The fraction of sp³-hybridized carbons (Fsp3) is 0.714. The molecule has 2 rings (SSSR count). The Labute approximate surface area is 109 Å². The molecule has 1 N–H and O–H groups in total. The van der Waals surface area contributed by atoms with Gasteiger partial charge in [0.05, 0.1) is 26.3 Å². The molecule has 1 saturated heterocycles. The topological polar surface area (TPSA) is 37.6 Å². The Balaban J connectivity index is 2.06. The summed E-state index contributed by atoms with van der Waals surface area (Å²) in [5, 5.41) is 3.13. The molecule has 1 aromatic heterocycles. The van der Waals surface area contributed by atoms with Crippen molar-refractivity contribution < 1.29 is 9.15 Å². The number of hydrogen-bond acceptors (Lipinski definition) is 4. The molecular formula is C14H24N2O2. The van der Waals surface area contributed by atoms with E-state index >= 15 is 0 Å². The molecule has 1 aromatic rings. The summed E-state index contributed by atoms with van der Waals surface area (Å²) < 4.78 is 11.4. The van der Waals surface area contributed by atoms with Gasteiger partial charge in [0.2, 0.25) is 0 Å². The van der Waals surface area contributed by atoms with Crippen molar-refractivity contribution in [2.75, 3.05) is 26.8 Å². The van der Waals surface area contributed by atoms with E-state index in [1.807, 2.05) is 7.05 Å². The van der Waals surface area contributed by atoms with Gasteiger partial charge in [0.1, 0.15) is 11.5 Å². The van der Waals surface area contributed by atoms with Gasteiger partial charge in [-0.15, -0.1) is 0 Å². The molecule has 2 heterocycles. The largest absolute Gasteiger partial charge is 0.463 e. The lowest BCUT2D eigenvalue weighted by Gasteiger charge is -2.41. The van der Waals surface area contributed by atoms with Crippen LogP contribution in [0.25, 0.3) is 0 Å². The van der Waals surface area contributed by atoms with Crippen LogP contribution in [0.4, 0.5) is 0 Å². The fourth-order valence-electron chi connectivity index (χ4n) is 2.38. The smallest absolute Gasteiger partial charge is 0.120 e. The maximum absolute atomic E-state index is 5.91. The first-order valence-corrected chi connectivity index (χ1v) is 6.58. The zero-order valence-electron chi connectivity index (χ0n) is 11.9. The lowest BCUT2D eigenvalue weighted by Crippen LogP contribution is -2.52. The van der Waals surface area contributed by atoms with Crippen molar-refractivity contribution in [1.82, 2.24) is 10.2 Å². The Bertz CT molecular complexity index is 398. The van der Waals surface area contributed by atoms with Crippen LogP contribution in [-0.2, 0) is 17.8 Å². The van der Waals surface area contributed by atoms with Crippen molar-refractivity contribution in [3.8, 4) is 0 Å². The van der Waals surface area contributed by atoms with Crippen LogP contribution >= 0.6 is 0 Å². The van der Waals surface area contributed by atoms with E-state index in [9.17, 15) is 0 Å². The Morgan fingerprint density at radius 2 is 2.22 bits per heavy atom. The standard InChI is InChI=1S/C14H24N2O2/c1-11-7-12(18-13(11)8-15-4)9-16-5-6-17-10-14(16,2)3/h7,15H,5-6,8-10H2,1-4H3. The van der Waals surface area contributed by atoms with E-state index in [1.165, 1.54) is 5.56 Å². The lowest BCUT2D eigenvalue weighted by atomic mass is 10.0. The minimum atomic E-state index is 0.0854. The molecule has 0 aliphatic carbocycles. The summed E-state index contributed by atoms with van der Waals surface area (Å²) in [6.07, 6.45) is 0. The Morgan fingerprint density at radius 3 is 2.89 bits per heavy atom. The van der Waals surface area contributed by atoms with Crippen LogP contribution in [0.15, 0.2) is 10.5 Å². The number of rotatable bonds is 4. The van der Waals surface area contributed by atoms with Gasteiger partial charge in [0.25, 0.3) is 0 Å². The first-order valence-electron chi connectivity index (χ1n) is 6.58. The quantitative estimate of drug-likeness (QED) is 0.888. The predicted octanol–water partition coefficient (Wildman–Crippen LogP) is 1.92. The zero-order valence-corrected chi connectivity index (χ0v) is 11.9. The third-order valence-corrected chi connectivity index (χ3v) is 3.57. The number of ether oxygens (including phenoxy) is 1. The summed E-state index contributed by atoms with van der Waals surface area (Å²) in [4.78, 5) is 2.43. The van der Waals surface area contributed by atoms with Crippen molar-refractivity contribution in [2.45, 2.75) is 39.4 Å². The summed E-state index contributed by atoms with van der Waals surface area (Å²) in [5.41, 5.74) is 1.31. The van der Waals surface area contributed by atoms with E-state index in [0.717, 1.165) is 44.4 Å². The SMILES string of the molecule is CNCc1oc(CN2CCOCC2(C)C)cc1C. The lowest BCUT2D eigenvalue weighted by molar-refractivity contribution is -0.0578. The molecule has 0 aromatic carbocycles. The number of nitrogens with one attached hydrogen (secondary N) is 1. The van der Waals surface area contributed by atoms with Crippen LogP contribution in [0.3, 0.4) is 0 Å². The van der Waals surface area contributed by atoms with Gasteiger partial charge in [-0.25, -0.2) is 0 Å². The fourth-order valence-corrected chi connectivity index (χ4v) is 2.38. The molecule has 1 aliphatic rings. The minimum absolute atomic E-state index is 0.0854. The summed E-state index contributed by atoms with van der Waals surface area (Å²) in [7, 11) is 1.94. The van der Waals surface area contributed by atoms with Gasteiger partial charge < -0.3 is 14.5 Å². The molecule has 4 nitrogen and oxygen atoms in total. The van der Waals surface area contributed by atoms with Crippen molar-refractivity contribution in [3.05, 3.63) is 23.2 Å². The van der Waals surface area contributed by atoms with Crippen molar-refractivity contribution in [2.24, 2.45) is 0 Å². The van der Waals surface area contributed by atoms with Gasteiger partial charge in [-0.1, -0.05) is 0 Å². The van der Waals surface area contributed by atoms with E-state index in [1.54, 1.807) is 0 Å². The van der Waals surface area contributed by atoms with Crippen LogP contribution in [0, 0.1) is 6.92 Å². The maximum atomic E-state index is 5.91. The Hall–Kier alpha value is -0.840. The monoisotopic (exact) mass is 252 g/mol. The normalized spacial score (nSPS) is 20.2. The molecule has 0 radical (unpaired) electrons. The van der Waals surface area contributed by atoms with Crippen LogP contribution in [-0.4, -0.2) is 37.2 Å². The second kappa shape index (κ2) is 5.43. The van der Waals surface area contributed by atoms with Crippen LogP contribution in [0.2, 0.25) is 0 Å². The molecule has 1 fully saturated rings. The molecule has 1 aliphatic heterocycles. The molecule has 0 spiro atoms. The molecular weight excluding hydrogens is 228 g/mol. The average Bonchev–Trinajstić information content (AvgIpc) is 2.63. The highest BCUT2D eigenvalue weighted by atomic mass is 16.5. The highest BCUT2D eigenvalue weighted by molar-refractivity contribution is 5.20. The molecule has 0 bridgehead atoms. The number of nitrogens with zero attached hydrogens (tertiary/aromatic N) is 1. The molecule has 4 heteroatoms. The van der Waals surface area contributed by atoms with Crippen molar-refractivity contribution in [1.29, 1.82) is 0 Å². The Kier molecular flexibility index (Phi) is 4.10. The maximum Gasteiger partial charge on any atom is 0.120 e. The molecule has 0 atom stereocenters. The van der Waals surface area contributed by atoms with E-state index in [0.29, 0.717) is 0 Å². The summed E-state index contributed by atoms with van der Waals surface area (Å²) >= 11 is 0. The van der Waals surface area contributed by atoms with Gasteiger partial charge in [0.15, 0.2) is 0 Å². The molecule has 18 heavy (non-hydrogen) atoms. The van der Waals surface area contributed by atoms with Gasteiger partial charge >= 0.3 is 0 Å². The van der Waals surface area contributed by atoms with Crippen molar-refractivity contribution >= 4 is 0 Å². The first kappa shape index (κ1) is 13.6. The first-order chi connectivity index (χ1) is 8.53. The number of furan rings is 1. The highest BCUT2D eigenvalue weighted by Crippen LogP contribution is 2.23. The molecule has 0 unspecified atom stereocenters. The minimum Gasteiger partial charge on any atom is -0.463 e. The van der Waals surface area contributed by atoms with Gasteiger partial charge in [-0.3, -0.25) is 4.90 Å². The van der Waals surface area contributed by atoms with Gasteiger partial charge in [0, 0.05) is 12.1 Å². The van der Waals surface area contributed by atoms with E-state index in [-0.39, 0.29) is 5.54 Å². The van der Waals surface area contributed by atoms with E-state index in [2.05, 4.69) is 37.1 Å². The second-order valence-electron chi connectivity index (χ2n) is 5.64. The number of aryl methyl sites for hydroxylation is 1. The van der Waals surface area contributed by atoms with Gasteiger partial charge in [-0.2, -0.15) is 0 Å². The molecule has 102 valence electrons. The summed E-state index contributed by atoms with van der Waals surface area (Å²) in [6, 6.07) is 2.15. The van der Waals surface area contributed by atoms with Crippen molar-refractivity contribution in [3.63, 3.8) is 0 Å². The third kappa shape index (κ3) is 2.94. The number of morpholine rings is 1. The third-order valence-electron chi connectivity index (χ3n) is 3.57. The second-order valence-corrected chi connectivity index (χ2v) is 5.64. The highest BCUT2D eigenvalue weighted by Gasteiger charge is 2.31.